The van der Waals surface area contributed by atoms with Crippen LogP contribution in [0, 0.1) is 11.3 Å². The molecule has 0 spiro atoms. The maximum absolute atomic E-state index is 11.8. The van der Waals surface area contributed by atoms with E-state index in [-0.39, 0.29) is 18.4 Å². The summed E-state index contributed by atoms with van der Waals surface area (Å²) in [6.45, 7) is 4.10. The van der Waals surface area contributed by atoms with Crippen LogP contribution in [-0.2, 0) is 9.59 Å². The van der Waals surface area contributed by atoms with Gasteiger partial charge in [0.1, 0.15) is 0 Å². The summed E-state index contributed by atoms with van der Waals surface area (Å²) >= 11 is 0. The smallest absolute Gasteiger partial charge is 0.311 e. The molecule has 2 atom stereocenters. The summed E-state index contributed by atoms with van der Waals surface area (Å²) in [6, 6.07) is -0.553. The van der Waals surface area contributed by atoms with Crippen molar-refractivity contribution in [3.8, 4) is 0 Å². The van der Waals surface area contributed by atoms with E-state index < -0.39 is 17.4 Å². The van der Waals surface area contributed by atoms with Crippen LogP contribution in [0.25, 0.3) is 0 Å². The molecule has 1 aliphatic carbocycles. The molecule has 1 rings (SSSR count). The Morgan fingerprint density at radius 2 is 1.94 bits per heavy atom. The summed E-state index contributed by atoms with van der Waals surface area (Å²) < 4.78 is 0. The number of aliphatic carboxylic acids is 1. The molecule has 0 unspecified atom stereocenters. The first-order chi connectivity index (χ1) is 8.43. The molecule has 18 heavy (non-hydrogen) atoms. The van der Waals surface area contributed by atoms with Crippen molar-refractivity contribution < 1.29 is 14.7 Å². The molecule has 4 N–H and O–H groups in total. The predicted molar refractivity (Wildman–Crippen MR) is 69.0 cm³/mol. The van der Waals surface area contributed by atoms with E-state index in [0.717, 1.165) is 19.3 Å². The number of rotatable bonds is 6. The van der Waals surface area contributed by atoms with E-state index in [4.69, 9.17) is 5.73 Å². The summed E-state index contributed by atoms with van der Waals surface area (Å²) in [5, 5.41) is 12.0. The lowest BCUT2D eigenvalue weighted by atomic mass is 9.86. The van der Waals surface area contributed by atoms with Gasteiger partial charge in [-0.3, -0.25) is 9.59 Å². The van der Waals surface area contributed by atoms with Crippen LogP contribution in [0.2, 0.25) is 0 Å². The van der Waals surface area contributed by atoms with Crippen molar-refractivity contribution in [1.29, 1.82) is 0 Å². The zero-order chi connectivity index (χ0) is 13.8. The molecule has 0 bridgehead atoms. The molecule has 5 heteroatoms. The van der Waals surface area contributed by atoms with Crippen LogP contribution in [0.5, 0.6) is 0 Å². The fourth-order valence-corrected chi connectivity index (χ4v) is 2.40. The second-order valence-electron chi connectivity index (χ2n) is 5.42. The van der Waals surface area contributed by atoms with Gasteiger partial charge in [0.15, 0.2) is 0 Å². The number of carbonyl (C=O) groups excluding carboxylic acids is 1. The van der Waals surface area contributed by atoms with Gasteiger partial charge in [-0.15, -0.1) is 0 Å². The van der Waals surface area contributed by atoms with Crippen LogP contribution < -0.4 is 11.1 Å². The number of hydrogen-bond donors (Lipinski definition) is 3. The number of carboxylic acids is 1. The third-order valence-corrected chi connectivity index (χ3v) is 4.18. The minimum Gasteiger partial charge on any atom is -0.481 e. The number of hydrogen-bond acceptors (Lipinski definition) is 3. The van der Waals surface area contributed by atoms with Crippen LogP contribution in [-0.4, -0.2) is 29.6 Å². The van der Waals surface area contributed by atoms with Crippen molar-refractivity contribution in [2.75, 3.05) is 6.54 Å². The largest absolute Gasteiger partial charge is 0.481 e. The fourth-order valence-electron chi connectivity index (χ4n) is 2.40. The van der Waals surface area contributed by atoms with E-state index >= 15 is 0 Å². The lowest BCUT2D eigenvalue weighted by Gasteiger charge is -2.26. The normalized spacial score (nSPS) is 21.3. The summed E-state index contributed by atoms with van der Waals surface area (Å²) in [4.78, 5) is 23.1. The molecule has 5 nitrogen and oxygen atoms in total. The Balaban J connectivity index is 2.53. The molecule has 1 saturated carbocycles. The first-order valence-corrected chi connectivity index (χ1v) is 6.69. The molecule has 1 fully saturated rings. The van der Waals surface area contributed by atoms with Crippen molar-refractivity contribution in [2.24, 2.45) is 17.1 Å². The van der Waals surface area contributed by atoms with Crippen LogP contribution in [0.4, 0.5) is 0 Å². The second kappa shape index (κ2) is 6.18. The van der Waals surface area contributed by atoms with Crippen molar-refractivity contribution in [1.82, 2.24) is 5.32 Å². The van der Waals surface area contributed by atoms with Gasteiger partial charge in [0.05, 0.1) is 11.5 Å². The number of carboxylic acid groups (broad SMARTS) is 1. The van der Waals surface area contributed by atoms with E-state index in [1.807, 2.05) is 13.8 Å². The van der Waals surface area contributed by atoms with Crippen LogP contribution >= 0.6 is 0 Å². The van der Waals surface area contributed by atoms with E-state index in [1.165, 1.54) is 0 Å². The molecule has 0 aromatic carbocycles. The van der Waals surface area contributed by atoms with Crippen LogP contribution in [0.1, 0.15) is 46.0 Å². The maximum Gasteiger partial charge on any atom is 0.311 e. The Morgan fingerprint density at radius 3 is 2.39 bits per heavy atom. The Kier molecular flexibility index (Phi) is 5.14. The first-order valence-electron chi connectivity index (χ1n) is 6.69. The lowest BCUT2D eigenvalue weighted by molar-refractivity contribution is -0.148. The Bertz CT molecular complexity index is 311. The highest BCUT2D eigenvalue weighted by molar-refractivity contribution is 5.83. The number of carbonyl (C=O) groups is 2. The number of amides is 1. The van der Waals surface area contributed by atoms with Crippen LogP contribution in [0.3, 0.4) is 0 Å². The van der Waals surface area contributed by atoms with Crippen LogP contribution in [0.15, 0.2) is 0 Å². The third-order valence-electron chi connectivity index (χ3n) is 4.18. The van der Waals surface area contributed by atoms with E-state index in [2.05, 4.69) is 5.32 Å². The van der Waals surface area contributed by atoms with Gasteiger partial charge in [-0.05, 0) is 18.8 Å². The maximum atomic E-state index is 11.8. The van der Waals surface area contributed by atoms with Crippen molar-refractivity contribution in [2.45, 2.75) is 52.0 Å². The number of nitrogens with two attached hydrogens (primary N) is 1. The van der Waals surface area contributed by atoms with Crippen molar-refractivity contribution in [3.05, 3.63) is 0 Å². The summed E-state index contributed by atoms with van der Waals surface area (Å²) in [6.07, 6.45) is 3.94. The van der Waals surface area contributed by atoms with Gasteiger partial charge in [-0.25, -0.2) is 0 Å². The monoisotopic (exact) mass is 256 g/mol. The predicted octanol–water partition coefficient (Wildman–Crippen LogP) is 1.12. The minimum absolute atomic E-state index is 0.106. The topological polar surface area (TPSA) is 92.4 Å². The standard InChI is InChI=1S/C13H24N2O3/c1-3-9(2)10(14)11(16)15-8-13(12(17)18)6-4-5-7-13/h9-10H,3-8,14H2,1-2H3,(H,15,16)(H,17,18)/t9-,10-/m0/s1. The summed E-state index contributed by atoms with van der Waals surface area (Å²) in [5.41, 5.74) is 5.04. The molecule has 0 aromatic heterocycles. The second-order valence-corrected chi connectivity index (χ2v) is 5.42. The highest BCUT2D eigenvalue weighted by atomic mass is 16.4. The van der Waals surface area contributed by atoms with Gasteiger partial charge in [-0.1, -0.05) is 33.1 Å². The molecule has 0 saturated heterocycles. The molecule has 1 amide bonds. The van der Waals surface area contributed by atoms with E-state index in [9.17, 15) is 14.7 Å². The first kappa shape index (κ1) is 15.0. The van der Waals surface area contributed by atoms with E-state index in [1.54, 1.807) is 0 Å². The lowest BCUT2D eigenvalue weighted by Crippen LogP contribution is -2.49. The highest BCUT2D eigenvalue weighted by Gasteiger charge is 2.41. The minimum atomic E-state index is -0.808. The fraction of sp³-hybridized carbons (Fsp3) is 0.846. The molecular weight excluding hydrogens is 232 g/mol. The van der Waals surface area contributed by atoms with Gasteiger partial charge in [0, 0.05) is 6.54 Å². The third kappa shape index (κ3) is 3.22. The molecule has 0 heterocycles. The zero-order valence-electron chi connectivity index (χ0n) is 11.2. The SMILES string of the molecule is CC[C@H](C)[C@H](N)C(=O)NCC1(C(=O)O)CCCC1. The molecule has 1 aliphatic rings. The van der Waals surface area contributed by atoms with Gasteiger partial charge >= 0.3 is 5.97 Å². The summed E-state index contributed by atoms with van der Waals surface area (Å²) in [5.74, 6) is -0.941. The average molecular weight is 256 g/mol. The molecular formula is C13H24N2O3. The Hall–Kier alpha value is -1.10. The van der Waals surface area contributed by atoms with Gasteiger partial charge in [0.25, 0.3) is 0 Å². The summed E-state index contributed by atoms with van der Waals surface area (Å²) in [7, 11) is 0. The van der Waals surface area contributed by atoms with Crippen molar-refractivity contribution in [3.63, 3.8) is 0 Å². The Labute approximate surface area is 108 Å². The highest BCUT2D eigenvalue weighted by Crippen LogP contribution is 2.37. The molecule has 0 radical (unpaired) electrons. The molecule has 0 aromatic rings. The van der Waals surface area contributed by atoms with Gasteiger partial charge < -0.3 is 16.2 Å². The number of nitrogens with one attached hydrogen (secondary N) is 1. The van der Waals surface area contributed by atoms with Gasteiger partial charge in [0.2, 0.25) is 5.91 Å². The molecule has 0 aliphatic heterocycles. The zero-order valence-corrected chi connectivity index (χ0v) is 11.2. The van der Waals surface area contributed by atoms with E-state index in [0.29, 0.717) is 12.8 Å². The van der Waals surface area contributed by atoms with Gasteiger partial charge in [-0.2, -0.15) is 0 Å². The average Bonchev–Trinajstić information content (AvgIpc) is 2.84. The van der Waals surface area contributed by atoms with Crippen molar-refractivity contribution >= 4 is 11.9 Å². The molecule has 104 valence electrons. The Morgan fingerprint density at radius 1 is 1.39 bits per heavy atom. The quantitative estimate of drug-likeness (QED) is 0.664.